The Hall–Kier alpha value is -0.970. The Labute approximate surface area is 105 Å². The molecule has 0 aromatic rings. The number of Topliss-reactive ketones (excluding diaryl/α,β-unsaturated/α-hetero) is 3. The van der Waals surface area contributed by atoms with Crippen LogP contribution in [0.2, 0.25) is 0 Å². The highest BCUT2D eigenvalue weighted by atomic mass is 32.2. The summed E-state index contributed by atoms with van der Waals surface area (Å²) >= 11 is 1.13. The summed E-state index contributed by atoms with van der Waals surface area (Å²) < 4.78 is 0. The molecule has 0 unspecified atom stereocenters. The van der Waals surface area contributed by atoms with Gasteiger partial charge >= 0.3 is 0 Å². The number of hydrogen-bond acceptors (Lipinski definition) is 5. The standard InChI is InChI=1S/C12H16O4S/c1-3-8(13)11-9(14)5-7(6-10(11)15)12(16)17-4-2/h7,11H,3-6H2,1-2H3. The zero-order chi connectivity index (χ0) is 13.0. The number of carbonyl (C=O) groups is 4. The molecule has 0 bridgehead atoms. The van der Waals surface area contributed by atoms with E-state index >= 15 is 0 Å². The van der Waals surface area contributed by atoms with E-state index in [-0.39, 0.29) is 41.7 Å². The van der Waals surface area contributed by atoms with Gasteiger partial charge in [-0.2, -0.15) is 0 Å². The van der Waals surface area contributed by atoms with E-state index in [1.807, 2.05) is 6.92 Å². The molecule has 0 aromatic carbocycles. The molecule has 5 heteroatoms. The molecule has 0 radical (unpaired) electrons. The zero-order valence-corrected chi connectivity index (χ0v) is 10.8. The zero-order valence-electron chi connectivity index (χ0n) is 10.0. The highest BCUT2D eigenvalue weighted by Crippen LogP contribution is 2.28. The molecule has 0 heterocycles. The summed E-state index contributed by atoms with van der Waals surface area (Å²) in [6, 6.07) is 0. The van der Waals surface area contributed by atoms with Gasteiger partial charge in [-0.05, 0) is 5.75 Å². The maximum absolute atomic E-state index is 11.7. The van der Waals surface area contributed by atoms with Crippen molar-refractivity contribution in [2.24, 2.45) is 11.8 Å². The smallest absolute Gasteiger partial charge is 0.192 e. The molecule has 0 aliphatic heterocycles. The maximum atomic E-state index is 11.7. The molecule has 1 aliphatic rings. The van der Waals surface area contributed by atoms with Gasteiger partial charge in [-0.15, -0.1) is 0 Å². The Kier molecular flexibility index (Phi) is 5.05. The third-order valence-corrected chi connectivity index (χ3v) is 3.74. The molecule has 0 atom stereocenters. The number of carbonyl (C=O) groups excluding carboxylic acids is 4. The summed E-state index contributed by atoms with van der Waals surface area (Å²) in [6.45, 7) is 3.48. The lowest BCUT2D eigenvalue weighted by Gasteiger charge is -2.23. The lowest BCUT2D eigenvalue weighted by atomic mass is 9.78. The molecular weight excluding hydrogens is 240 g/mol. The summed E-state index contributed by atoms with van der Waals surface area (Å²) in [5.41, 5.74) is 0. The lowest BCUT2D eigenvalue weighted by molar-refractivity contribution is -0.145. The minimum atomic E-state index is -1.10. The van der Waals surface area contributed by atoms with Crippen molar-refractivity contribution in [3.63, 3.8) is 0 Å². The monoisotopic (exact) mass is 256 g/mol. The van der Waals surface area contributed by atoms with Crippen LogP contribution in [0.4, 0.5) is 0 Å². The van der Waals surface area contributed by atoms with Crippen molar-refractivity contribution in [3.05, 3.63) is 0 Å². The molecule has 0 amide bonds. The molecular formula is C12H16O4S. The van der Waals surface area contributed by atoms with Crippen LogP contribution in [0, 0.1) is 11.8 Å². The molecule has 0 N–H and O–H groups in total. The van der Waals surface area contributed by atoms with E-state index in [1.165, 1.54) is 0 Å². The van der Waals surface area contributed by atoms with Crippen molar-refractivity contribution in [3.8, 4) is 0 Å². The molecule has 94 valence electrons. The third kappa shape index (κ3) is 3.25. The van der Waals surface area contributed by atoms with E-state index in [2.05, 4.69) is 0 Å². The van der Waals surface area contributed by atoms with Crippen LogP contribution >= 0.6 is 11.8 Å². The predicted octanol–water partition coefficient (Wildman–Crippen LogP) is 1.41. The van der Waals surface area contributed by atoms with Crippen LogP contribution in [-0.4, -0.2) is 28.2 Å². The molecule has 1 saturated carbocycles. The summed E-state index contributed by atoms with van der Waals surface area (Å²) in [6.07, 6.45) is 0.256. The summed E-state index contributed by atoms with van der Waals surface area (Å²) in [5.74, 6) is -2.09. The minimum absolute atomic E-state index is 0.0357. The van der Waals surface area contributed by atoms with Crippen LogP contribution in [0.5, 0.6) is 0 Å². The maximum Gasteiger partial charge on any atom is 0.192 e. The first-order valence-corrected chi connectivity index (χ1v) is 6.74. The first-order chi connectivity index (χ1) is 8.01. The van der Waals surface area contributed by atoms with Crippen LogP contribution in [0.3, 0.4) is 0 Å². The fraction of sp³-hybridized carbons (Fsp3) is 0.667. The van der Waals surface area contributed by atoms with Crippen LogP contribution in [0.1, 0.15) is 33.1 Å². The van der Waals surface area contributed by atoms with Crippen molar-refractivity contribution in [2.45, 2.75) is 33.1 Å². The highest BCUT2D eigenvalue weighted by Gasteiger charge is 2.41. The number of ketones is 3. The highest BCUT2D eigenvalue weighted by molar-refractivity contribution is 8.13. The van der Waals surface area contributed by atoms with Crippen LogP contribution < -0.4 is 0 Å². The first kappa shape index (κ1) is 14.1. The van der Waals surface area contributed by atoms with Gasteiger partial charge in [0.15, 0.2) is 22.5 Å². The number of rotatable bonds is 4. The van der Waals surface area contributed by atoms with Crippen molar-refractivity contribution in [1.82, 2.24) is 0 Å². The van der Waals surface area contributed by atoms with Gasteiger partial charge in [-0.1, -0.05) is 25.6 Å². The van der Waals surface area contributed by atoms with Gasteiger partial charge < -0.3 is 0 Å². The Balaban J connectivity index is 2.74. The van der Waals surface area contributed by atoms with E-state index in [9.17, 15) is 19.2 Å². The third-order valence-electron chi connectivity index (χ3n) is 2.83. The van der Waals surface area contributed by atoms with Gasteiger partial charge in [0.2, 0.25) is 0 Å². The van der Waals surface area contributed by atoms with Crippen molar-refractivity contribution in [2.75, 3.05) is 5.75 Å². The van der Waals surface area contributed by atoms with Gasteiger partial charge in [-0.25, -0.2) is 0 Å². The average molecular weight is 256 g/mol. The average Bonchev–Trinajstić information content (AvgIpc) is 2.28. The van der Waals surface area contributed by atoms with E-state index < -0.39 is 11.8 Å². The largest absolute Gasteiger partial charge is 0.298 e. The Bertz CT molecular complexity index is 344. The molecule has 17 heavy (non-hydrogen) atoms. The quantitative estimate of drug-likeness (QED) is 0.711. The van der Waals surface area contributed by atoms with Gasteiger partial charge in [0.1, 0.15) is 5.92 Å². The molecule has 0 aromatic heterocycles. The lowest BCUT2D eigenvalue weighted by Crippen LogP contribution is -2.40. The fourth-order valence-electron chi connectivity index (χ4n) is 1.96. The molecule has 0 saturated heterocycles. The molecule has 0 spiro atoms. The van der Waals surface area contributed by atoms with Gasteiger partial charge in [0, 0.05) is 25.2 Å². The second-order valence-electron chi connectivity index (χ2n) is 4.04. The molecule has 4 nitrogen and oxygen atoms in total. The van der Waals surface area contributed by atoms with E-state index in [0.717, 1.165) is 11.8 Å². The normalized spacial score (nSPS) is 24.8. The summed E-state index contributed by atoms with van der Waals surface area (Å²) in [7, 11) is 0. The molecule has 1 fully saturated rings. The Morgan fingerprint density at radius 2 is 1.71 bits per heavy atom. The number of hydrogen-bond donors (Lipinski definition) is 0. The van der Waals surface area contributed by atoms with Gasteiger partial charge in [-0.3, -0.25) is 19.2 Å². The summed E-state index contributed by atoms with van der Waals surface area (Å²) in [4.78, 5) is 46.5. The number of thioether (sulfide) groups is 1. The van der Waals surface area contributed by atoms with E-state index in [1.54, 1.807) is 6.92 Å². The fourth-order valence-corrected chi connectivity index (χ4v) is 2.65. The van der Waals surface area contributed by atoms with Crippen molar-refractivity contribution >= 4 is 34.2 Å². The Morgan fingerprint density at radius 3 is 2.12 bits per heavy atom. The molecule has 1 aliphatic carbocycles. The predicted molar refractivity (Wildman–Crippen MR) is 64.7 cm³/mol. The van der Waals surface area contributed by atoms with Gasteiger partial charge in [0.05, 0.1) is 0 Å². The minimum Gasteiger partial charge on any atom is -0.298 e. The Morgan fingerprint density at radius 1 is 1.18 bits per heavy atom. The second-order valence-corrected chi connectivity index (χ2v) is 5.31. The van der Waals surface area contributed by atoms with Crippen LogP contribution in [0.25, 0.3) is 0 Å². The van der Waals surface area contributed by atoms with E-state index in [0.29, 0.717) is 5.75 Å². The van der Waals surface area contributed by atoms with Crippen molar-refractivity contribution in [1.29, 1.82) is 0 Å². The first-order valence-electron chi connectivity index (χ1n) is 5.76. The SMILES string of the molecule is CCSC(=O)C1CC(=O)C(C(=O)CC)C(=O)C1. The van der Waals surface area contributed by atoms with Gasteiger partial charge in [0.25, 0.3) is 0 Å². The second kappa shape index (κ2) is 6.10. The van der Waals surface area contributed by atoms with Crippen LogP contribution in [0.15, 0.2) is 0 Å². The summed E-state index contributed by atoms with van der Waals surface area (Å²) in [5, 5.41) is -0.114. The van der Waals surface area contributed by atoms with Crippen molar-refractivity contribution < 1.29 is 19.2 Å². The molecule has 1 rings (SSSR count). The van der Waals surface area contributed by atoms with Crippen LogP contribution in [-0.2, 0) is 19.2 Å². The topological polar surface area (TPSA) is 68.3 Å². The van der Waals surface area contributed by atoms with E-state index in [4.69, 9.17) is 0 Å².